The molecule has 14 heavy (non-hydrogen) atoms. The van der Waals surface area contributed by atoms with Crippen molar-refractivity contribution in [1.82, 2.24) is 0 Å². The molecule has 1 atom stereocenters. The van der Waals surface area contributed by atoms with Crippen molar-refractivity contribution in [2.45, 2.75) is 44.9 Å². The van der Waals surface area contributed by atoms with Gasteiger partial charge in [-0.2, -0.15) is 0 Å². The Morgan fingerprint density at radius 3 is 1.57 bits per heavy atom. The van der Waals surface area contributed by atoms with Crippen LogP contribution in [0.2, 0.25) is 0 Å². The summed E-state index contributed by atoms with van der Waals surface area (Å²) in [5.74, 6) is 0. The fraction of sp³-hybridized carbons (Fsp3) is 1.00. The van der Waals surface area contributed by atoms with Gasteiger partial charge in [0.05, 0.1) is 0 Å². The van der Waals surface area contributed by atoms with Crippen molar-refractivity contribution in [3.63, 3.8) is 0 Å². The van der Waals surface area contributed by atoms with Crippen LogP contribution < -0.4 is 0 Å². The van der Waals surface area contributed by atoms with E-state index in [1.807, 2.05) is 7.11 Å². The standard InChI is InChI=1S/C12H27OP/c1-10(2,3)12(9-13-6)11(4,5)14(12,7)8/h14H,9H2,1-8H3. The summed E-state index contributed by atoms with van der Waals surface area (Å²) in [6.07, 6.45) is 0. The predicted octanol–water partition coefficient (Wildman–Crippen LogP) is 3.22. The van der Waals surface area contributed by atoms with Gasteiger partial charge in [-0.1, -0.05) is 0 Å². The second-order valence-electron chi connectivity index (χ2n) is 6.84. The molecule has 86 valence electrons. The van der Waals surface area contributed by atoms with Gasteiger partial charge in [0.2, 0.25) is 0 Å². The predicted molar refractivity (Wildman–Crippen MR) is 68.3 cm³/mol. The van der Waals surface area contributed by atoms with E-state index < -0.39 is 7.26 Å². The van der Waals surface area contributed by atoms with Gasteiger partial charge in [-0.25, -0.2) is 0 Å². The second kappa shape index (κ2) is 2.95. The monoisotopic (exact) mass is 218 g/mol. The number of hydrogen-bond donors (Lipinski definition) is 0. The normalized spacial score (nSPS) is 36.6. The first-order chi connectivity index (χ1) is 6.06. The Labute approximate surface area is 89.9 Å². The van der Waals surface area contributed by atoms with E-state index in [-0.39, 0.29) is 0 Å². The quantitative estimate of drug-likeness (QED) is 0.647. The van der Waals surface area contributed by atoms with E-state index in [0.717, 1.165) is 6.61 Å². The molecule has 0 saturated carbocycles. The van der Waals surface area contributed by atoms with Crippen LogP contribution in [0, 0.1) is 5.41 Å². The molecule has 0 amide bonds. The van der Waals surface area contributed by atoms with Crippen LogP contribution in [0.15, 0.2) is 0 Å². The molecule has 1 heterocycles. The average molecular weight is 218 g/mol. The average Bonchev–Trinajstić information content (AvgIpc) is 2.27. The second-order valence-corrected chi connectivity index (χ2v) is 12.2. The van der Waals surface area contributed by atoms with E-state index in [1.54, 1.807) is 0 Å². The molecule has 1 rings (SSSR count). The van der Waals surface area contributed by atoms with Crippen LogP contribution in [0.5, 0.6) is 0 Å². The van der Waals surface area contributed by atoms with Gasteiger partial charge < -0.3 is 0 Å². The molecule has 1 fully saturated rings. The third-order valence-corrected chi connectivity index (χ3v) is 12.2. The molecule has 1 saturated heterocycles. The van der Waals surface area contributed by atoms with Crippen molar-refractivity contribution in [2.24, 2.45) is 5.41 Å². The minimum absolute atomic E-state index is 0.363. The third kappa shape index (κ3) is 1.09. The van der Waals surface area contributed by atoms with E-state index in [2.05, 4.69) is 47.9 Å². The zero-order valence-electron chi connectivity index (χ0n) is 11.1. The molecule has 1 aliphatic rings. The number of rotatable bonds is 2. The van der Waals surface area contributed by atoms with Crippen molar-refractivity contribution in [3.8, 4) is 0 Å². The molecular formula is C12H27OP. The maximum absolute atomic E-state index is 5.50. The van der Waals surface area contributed by atoms with E-state index in [0.29, 0.717) is 15.7 Å². The van der Waals surface area contributed by atoms with Gasteiger partial charge in [0.15, 0.2) is 0 Å². The summed E-state index contributed by atoms with van der Waals surface area (Å²) in [7, 11) is 0.690. The molecule has 0 bridgehead atoms. The van der Waals surface area contributed by atoms with E-state index in [9.17, 15) is 0 Å². The zero-order valence-corrected chi connectivity index (χ0v) is 12.1. The Bertz CT molecular complexity index is 221. The molecule has 0 aliphatic carbocycles. The van der Waals surface area contributed by atoms with E-state index >= 15 is 0 Å². The first-order valence-corrected chi connectivity index (χ1v) is 8.55. The molecule has 0 aromatic heterocycles. The van der Waals surface area contributed by atoms with Gasteiger partial charge >= 0.3 is 89.4 Å². The molecule has 0 radical (unpaired) electrons. The molecular weight excluding hydrogens is 191 g/mol. The Morgan fingerprint density at radius 1 is 1.14 bits per heavy atom. The summed E-state index contributed by atoms with van der Waals surface area (Å²) < 4.78 is 5.50. The van der Waals surface area contributed by atoms with Crippen LogP contribution >= 0.6 is 7.26 Å². The van der Waals surface area contributed by atoms with Gasteiger partial charge in [0, 0.05) is 0 Å². The fourth-order valence-corrected chi connectivity index (χ4v) is 10.5. The molecule has 1 nitrogen and oxygen atoms in total. The molecule has 0 N–H and O–H groups in total. The minimum atomic E-state index is -1.15. The van der Waals surface area contributed by atoms with Crippen molar-refractivity contribution in [1.29, 1.82) is 0 Å². The van der Waals surface area contributed by atoms with Gasteiger partial charge in [-0.3, -0.25) is 0 Å². The van der Waals surface area contributed by atoms with Crippen LogP contribution in [0.1, 0.15) is 34.6 Å². The first kappa shape index (κ1) is 12.5. The molecule has 0 spiro atoms. The van der Waals surface area contributed by atoms with E-state index in [1.165, 1.54) is 0 Å². The van der Waals surface area contributed by atoms with Crippen molar-refractivity contribution >= 4 is 7.26 Å². The molecule has 1 unspecified atom stereocenters. The van der Waals surface area contributed by atoms with Gasteiger partial charge in [-0.05, 0) is 0 Å². The van der Waals surface area contributed by atoms with Crippen molar-refractivity contribution < 1.29 is 4.74 Å². The van der Waals surface area contributed by atoms with Crippen LogP contribution in [-0.4, -0.2) is 37.4 Å². The van der Waals surface area contributed by atoms with Crippen LogP contribution in [-0.2, 0) is 4.74 Å². The number of ether oxygens (including phenoxy) is 1. The Balaban J connectivity index is 3.13. The number of hydrogen-bond acceptors (Lipinski definition) is 1. The SMILES string of the molecule is COCC1(C(C)(C)C)C(C)(C)[PH]1(C)C. The first-order valence-electron chi connectivity index (χ1n) is 5.55. The summed E-state index contributed by atoms with van der Waals surface area (Å²) in [5.41, 5.74) is 0.363. The fourth-order valence-electron chi connectivity index (χ4n) is 4.10. The molecule has 1 aliphatic heterocycles. The third-order valence-electron chi connectivity index (χ3n) is 5.28. The van der Waals surface area contributed by atoms with Gasteiger partial charge in [-0.15, -0.1) is 0 Å². The molecule has 0 aromatic rings. The van der Waals surface area contributed by atoms with Crippen LogP contribution in [0.3, 0.4) is 0 Å². The summed E-state index contributed by atoms with van der Waals surface area (Å²) >= 11 is 0. The molecule has 0 aromatic carbocycles. The van der Waals surface area contributed by atoms with Crippen molar-refractivity contribution in [2.75, 3.05) is 27.0 Å². The number of methoxy groups -OCH3 is 1. The zero-order chi connectivity index (χ0) is 11.4. The Hall–Kier alpha value is 0.390. The maximum atomic E-state index is 5.50. The van der Waals surface area contributed by atoms with Crippen LogP contribution in [0.25, 0.3) is 0 Å². The summed E-state index contributed by atoms with van der Waals surface area (Å²) in [6, 6.07) is 0. The Kier molecular flexibility index (Phi) is 2.63. The molecule has 2 heteroatoms. The topological polar surface area (TPSA) is 9.23 Å². The Morgan fingerprint density at radius 2 is 1.50 bits per heavy atom. The summed E-state index contributed by atoms with van der Waals surface area (Å²) in [4.78, 5) is 0. The van der Waals surface area contributed by atoms with E-state index in [4.69, 9.17) is 4.74 Å². The summed E-state index contributed by atoms with van der Waals surface area (Å²) in [5, 5.41) is 0.954. The van der Waals surface area contributed by atoms with Crippen molar-refractivity contribution in [3.05, 3.63) is 0 Å². The van der Waals surface area contributed by atoms with Gasteiger partial charge in [0.1, 0.15) is 0 Å². The van der Waals surface area contributed by atoms with Gasteiger partial charge in [0.25, 0.3) is 0 Å². The van der Waals surface area contributed by atoms with Crippen LogP contribution in [0.4, 0.5) is 0 Å². The summed E-state index contributed by atoms with van der Waals surface area (Å²) in [6.45, 7) is 17.9.